The number of nitrogens with zero attached hydrogens (tertiary/aromatic N) is 1. The third kappa shape index (κ3) is 8.61. The van der Waals surface area contributed by atoms with Crippen LogP contribution in [0.15, 0.2) is 77.9 Å². The molecule has 0 aliphatic rings. The molecule has 1 N–H and O–H groups in total. The van der Waals surface area contributed by atoms with Crippen molar-refractivity contribution in [3.63, 3.8) is 0 Å². The van der Waals surface area contributed by atoms with Crippen LogP contribution in [0.1, 0.15) is 20.8 Å². The molecule has 0 aromatic heterocycles. The van der Waals surface area contributed by atoms with E-state index in [9.17, 15) is 8.78 Å². The second kappa shape index (κ2) is 8.93. The summed E-state index contributed by atoms with van der Waals surface area (Å²) < 4.78 is 26.0. The molecule has 23 heavy (non-hydrogen) atoms. The van der Waals surface area contributed by atoms with Gasteiger partial charge in [0, 0.05) is 23.9 Å². The monoisotopic (exact) mass is 318 g/mol. The van der Waals surface area contributed by atoms with Gasteiger partial charge in [-0.15, -0.1) is 0 Å². The fraction of sp³-hybridized carbons (Fsp3) is 0.263. The standard InChI is InChI=1S/C19H24F2N2/c1-13(14(2)10-11-16(4)19(7,20)21)8-9-15(3)18(6)23-12-17(5)22/h8-11,22H,1-4,12H2,5-7H3/b9-8-,11-10-,22-17?,23-18?. The molecule has 0 saturated carbocycles. The number of allylic oxidation sites excluding steroid dienone is 8. The Morgan fingerprint density at radius 3 is 1.83 bits per heavy atom. The summed E-state index contributed by atoms with van der Waals surface area (Å²) in [6.45, 7) is 19.4. The summed E-state index contributed by atoms with van der Waals surface area (Å²) >= 11 is 0. The highest BCUT2D eigenvalue weighted by molar-refractivity contribution is 6.01. The average Bonchev–Trinajstić information content (AvgIpc) is 2.45. The van der Waals surface area contributed by atoms with E-state index in [1.54, 1.807) is 26.0 Å². The molecule has 0 heterocycles. The zero-order chi connectivity index (χ0) is 18.2. The van der Waals surface area contributed by atoms with E-state index in [4.69, 9.17) is 5.41 Å². The molecule has 0 spiro atoms. The molecule has 0 radical (unpaired) electrons. The molecule has 0 aromatic carbocycles. The maximum Gasteiger partial charge on any atom is 0.269 e. The molecule has 0 atom stereocenters. The van der Waals surface area contributed by atoms with Crippen LogP contribution in [0, 0.1) is 5.41 Å². The van der Waals surface area contributed by atoms with Gasteiger partial charge in [-0.2, -0.15) is 0 Å². The van der Waals surface area contributed by atoms with Crippen LogP contribution < -0.4 is 0 Å². The van der Waals surface area contributed by atoms with Crippen LogP contribution in [-0.2, 0) is 0 Å². The third-order valence-corrected chi connectivity index (χ3v) is 2.97. The maximum atomic E-state index is 13.0. The Morgan fingerprint density at radius 2 is 1.39 bits per heavy atom. The second-order valence-electron chi connectivity index (χ2n) is 5.34. The summed E-state index contributed by atoms with van der Waals surface area (Å²) in [5.41, 5.74) is 2.67. The van der Waals surface area contributed by atoms with E-state index in [-0.39, 0.29) is 5.57 Å². The molecule has 0 bridgehead atoms. The summed E-state index contributed by atoms with van der Waals surface area (Å²) in [6.07, 6.45) is 6.10. The molecule has 0 amide bonds. The van der Waals surface area contributed by atoms with Crippen LogP contribution in [0.4, 0.5) is 8.78 Å². The normalized spacial score (nSPS) is 12.7. The van der Waals surface area contributed by atoms with Gasteiger partial charge in [0.25, 0.3) is 5.92 Å². The van der Waals surface area contributed by atoms with Gasteiger partial charge in [-0.1, -0.05) is 50.6 Å². The molecular weight excluding hydrogens is 294 g/mol. The molecule has 0 aliphatic heterocycles. The second-order valence-corrected chi connectivity index (χ2v) is 5.34. The molecular formula is C19H24F2N2. The highest BCUT2D eigenvalue weighted by Crippen LogP contribution is 2.23. The average molecular weight is 318 g/mol. The SMILES string of the molecule is C=C(/C=C\C(=C)C(C)=NCC(C)=N)C(=C)/C=C\C(=C)C(C)(F)F. The lowest BCUT2D eigenvalue weighted by Gasteiger charge is -2.09. The summed E-state index contributed by atoms with van der Waals surface area (Å²) in [4.78, 5) is 4.21. The smallest absolute Gasteiger partial charge is 0.269 e. The Bertz CT molecular complexity index is 612. The summed E-state index contributed by atoms with van der Waals surface area (Å²) in [7, 11) is 0. The van der Waals surface area contributed by atoms with Crippen molar-refractivity contribution in [2.45, 2.75) is 26.7 Å². The highest BCUT2D eigenvalue weighted by atomic mass is 19.3. The quantitative estimate of drug-likeness (QED) is 0.432. The number of hydrogen-bond acceptors (Lipinski definition) is 2. The van der Waals surface area contributed by atoms with Gasteiger partial charge >= 0.3 is 0 Å². The molecule has 0 unspecified atom stereocenters. The Morgan fingerprint density at radius 1 is 0.957 bits per heavy atom. The number of alkyl halides is 2. The van der Waals surface area contributed by atoms with Crippen molar-refractivity contribution in [3.05, 3.63) is 72.9 Å². The van der Waals surface area contributed by atoms with E-state index < -0.39 is 5.92 Å². The predicted octanol–water partition coefficient (Wildman–Crippen LogP) is 5.48. The van der Waals surface area contributed by atoms with E-state index in [0.29, 0.717) is 29.0 Å². The Hall–Kier alpha value is -2.36. The number of rotatable bonds is 9. The van der Waals surface area contributed by atoms with Crippen LogP contribution in [0.3, 0.4) is 0 Å². The molecule has 0 fully saturated rings. The van der Waals surface area contributed by atoms with Gasteiger partial charge in [-0.05, 0) is 30.6 Å². The minimum absolute atomic E-state index is 0.287. The summed E-state index contributed by atoms with van der Waals surface area (Å²) in [6, 6.07) is 0. The van der Waals surface area contributed by atoms with Crippen LogP contribution in [0.5, 0.6) is 0 Å². The zero-order valence-corrected chi connectivity index (χ0v) is 14.0. The number of aliphatic imine (C=N–C) groups is 1. The largest absolute Gasteiger partial charge is 0.308 e. The van der Waals surface area contributed by atoms with Crippen LogP contribution in [-0.4, -0.2) is 23.9 Å². The predicted molar refractivity (Wildman–Crippen MR) is 96.8 cm³/mol. The maximum absolute atomic E-state index is 13.0. The fourth-order valence-corrected chi connectivity index (χ4v) is 1.22. The minimum atomic E-state index is -2.96. The van der Waals surface area contributed by atoms with Gasteiger partial charge < -0.3 is 5.41 Å². The van der Waals surface area contributed by atoms with Crippen molar-refractivity contribution in [2.24, 2.45) is 4.99 Å². The van der Waals surface area contributed by atoms with Gasteiger partial charge in [-0.3, -0.25) is 4.99 Å². The number of halogens is 2. The first-order chi connectivity index (χ1) is 10.4. The van der Waals surface area contributed by atoms with E-state index in [1.807, 2.05) is 0 Å². The van der Waals surface area contributed by atoms with E-state index in [1.165, 1.54) is 12.2 Å². The fourth-order valence-electron chi connectivity index (χ4n) is 1.22. The van der Waals surface area contributed by atoms with Gasteiger partial charge in [0.05, 0.1) is 6.54 Å². The molecule has 0 rings (SSSR count). The topological polar surface area (TPSA) is 36.2 Å². The Labute approximate surface area is 137 Å². The Kier molecular flexibility index (Phi) is 8.02. The van der Waals surface area contributed by atoms with E-state index in [2.05, 4.69) is 31.3 Å². The molecule has 2 nitrogen and oxygen atoms in total. The van der Waals surface area contributed by atoms with Crippen LogP contribution in [0.2, 0.25) is 0 Å². The molecule has 0 aromatic rings. The van der Waals surface area contributed by atoms with Crippen molar-refractivity contribution in [2.75, 3.05) is 6.54 Å². The lowest BCUT2D eigenvalue weighted by Crippen LogP contribution is -2.10. The lowest BCUT2D eigenvalue weighted by molar-refractivity contribution is 0.0680. The molecule has 124 valence electrons. The van der Waals surface area contributed by atoms with Crippen LogP contribution in [0.25, 0.3) is 0 Å². The van der Waals surface area contributed by atoms with E-state index in [0.717, 1.165) is 12.6 Å². The van der Waals surface area contributed by atoms with Crippen molar-refractivity contribution in [1.29, 1.82) is 5.41 Å². The van der Waals surface area contributed by atoms with Gasteiger partial charge in [-0.25, -0.2) is 8.78 Å². The molecule has 0 saturated heterocycles. The third-order valence-electron chi connectivity index (χ3n) is 2.97. The first kappa shape index (κ1) is 20.6. The van der Waals surface area contributed by atoms with Gasteiger partial charge in [0.1, 0.15) is 0 Å². The van der Waals surface area contributed by atoms with Crippen molar-refractivity contribution in [3.8, 4) is 0 Å². The van der Waals surface area contributed by atoms with E-state index >= 15 is 0 Å². The number of hydrogen-bond donors (Lipinski definition) is 1. The minimum Gasteiger partial charge on any atom is -0.308 e. The van der Waals surface area contributed by atoms with Crippen molar-refractivity contribution in [1.82, 2.24) is 0 Å². The first-order valence-electron chi connectivity index (χ1n) is 7.01. The van der Waals surface area contributed by atoms with Crippen molar-refractivity contribution < 1.29 is 8.78 Å². The van der Waals surface area contributed by atoms with Gasteiger partial charge in [0.15, 0.2) is 0 Å². The van der Waals surface area contributed by atoms with Gasteiger partial charge in [0.2, 0.25) is 0 Å². The van der Waals surface area contributed by atoms with Crippen molar-refractivity contribution >= 4 is 11.4 Å². The highest BCUT2D eigenvalue weighted by Gasteiger charge is 2.23. The lowest BCUT2D eigenvalue weighted by atomic mass is 10.0. The summed E-state index contributed by atoms with van der Waals surface area (Å²) in [5, 5.41) is 7.33. The zero-order valence-electron chi connectivity index (χ0n) is 14.0. The molecule has 4 heteroatoms. The Balaban J connectivity index is 4.75. The first-order valence-corrected chi connectivity index (χ1v) is 7.01. The summed E-state index contributed by atoms with van der Waals surface area (Å²) in [5.74, 6) is -2.96. The van der Waals surface area contributed by atoms with Crippen LogP contribution >= 0.6 is 0 Å². The number of nitrogens with one attached hydrogen (secondary N) is 1. The molecule has 0 aliphatic carbocycles.